The number of methoxy groups -OCH3 is 1. The molecule has 0 aliphatic carbocycles. The third kappa shape index (κ3) is 10.9. The molecule has 3 rings (SSSR count). The average Bonchev–Trinajstić information content (AvgIpc) is 3.11. The number of amides is 1. The minimum absolute atomic E-state index is 0.00961. The van der Waals surface area contributed by atoms with E-state index in [0.29, 0.717) is 19.6 Å². The van der Waals surface area contributed by atoms with E-state index in [1.165, 1.54) is 0 Å². The number of carboxylic acids is 2. The van der Waals surface area contributed by atoms with Crippen molar-refractivity contribution in [3.63, 3.8) is 0 Å². The Hall–Kier alpha value is -3.47. The molecule has 212 valence electrons. The second-order valence-corrected chi connectivity index (χ2v) is 8.63. The molecule has 0 radical (unpaired) electrons. The van der Waals surface area contributed by atoms with Gasteiger partial charge in [-0.2, -0.15) is 26.3 Å². The molecule has 1 amide bonds. The molecular formula is C21H24F6N4O6S. The Morgan fingerprint density at radius 1 is 1.00 bits per heavy atom. The van der Waals surface area contributed by atoms with E-state index in [-0.39, 0.29) is 12.5 Å². The molecule has 0 spiro atoms. The van der Waals surface area contributed by atoms with E-state index in [2.05, 4.69) is 21.3 Å². The molecule has 0 saturated carbocycles. The van der Waals surface area contributed by atoms with Crippen LogP contribution in [0.1, 0.15) is 22.0 Å². The summed E-state index contributed by atoms with van der Waals surface area (Å²) in [4.78, 5) is 43.4. The summed E-state index contributed by atoms with van der Waals surface area (Å²) in [5.41, 5.74) is 3.09. The second kappa shape index (κ2) is 13.9. The molecule has 10 nitrogen and oxygen atoms in total. The molecule has 0 aromatic carbocycles. The fourth-order valence-corrected chi connectivity index (χ4v) is 3.46. The molecule has 0 bridgehead atoms. The third-order valence-corrected chi connectivity index (χ3v) is 5.34. The Morgan fingerprint density at radius 2 is 1.55 bits per heavy atom. The van der Waals surface area contributed by atoms with Gasteiger partial charge >= 0.3 is 24.3 Å². The number of nitrogens with zero attached hydrogens (tertiary/aromatic N) is 4. The van der Waals surface area contributed by atoms with Crippen LogP contribution >= 0.6 is 11.3 Å². The maximum atomic E-state index is 12.2. The number of fused-ring (bicyclic) bond motifs is 1. The van der Waals surface area contributed by atoms with Crippen molar-refractivity contribution in [3.05, 3.63) is 39.5 Å². The number of ether oxygens (including phenoxy) is 1. The lowest BCUT2D eigenvalue weighted by Gasteiger charge is -2.23. The number of halogens is 6. The van der Waals surface area contributed by atoms with Crippen LogP contribution in [0.4, 0.5) is 32.2 Å². The van der Waals surface area contributed by atoms with E-state index in [1.807, 2.05) is 24.8 Å². The third-order valence-electron chi connectivity index (χ3n) is 4.52. The quantitative estimate of drug-likeness (QED) is 0.527. The van der Waals surface area contributed by atoms with Gasteiger partial charge in [0.2, 0.25) is 5.91 Å². The number of aliphatic carboxylic acids is 2. The van der Waals surface area contributed by atoms with E-state index >= 15 is 0 Å². The predicted octanol–water partition coefficient (Wildman–Crippen LogP) is 3.42. The van der Waals surface area contributed by atoms with Crippen LogP contribution < -0.4 is 4.90 Å². The minimum Gasteiger partial charge on any atom is -0.475 e. The first-order chi connectivity index (χ1) is 17.4. The Balaban J connectivity index is 0.000000426. The average molecular weight is 575 g/mol. The van der Waals surface area contributed by atoms with Gasteiger partial charge < -0.3 is 24.7 Å². The minimum atomic E-state index is -5.08. The number of carbonyl (C=O) groups excluding carboxylic acids is 1. The number of hydrogen-bond acceptors (Lipinski definition) is 8. The first-order valence-corrected chi connectivity index (χ1v) is 11.3. The molecule has 3 heterocycles. The number of aromatic nitrogens is 2. The molecule has 1 aliphatic heterocycles. The molecule has 1 aliphatic rings. The zero-order valence-electron chi connectivity index (χ0n) is 20.3. The van der Waals surface area contributed by atoms with Crippen LogP contribution in [0.15, 0.2) is 17.5 Å². The first-order valence-electron chi connectivity index (χ1n) is 10.4. The Morgan fingerprint density at radius 3 is 2.00 bits per heavy atom. The van der Waals surface area contributed by atoms with Crippen LogP contribution in [0.3, 0.4) is 0 Å². The summed E-state index contributed by atoms with van der Waals surface area (Å²) in [5, 5.41) is 17.4. The summed E-state index contributed by atoms with van der Waals surface area (Å²) in [6.45, 7) is 6.77. The number of anilines is 1. The van der Waals surface area contributed by atoms with Crippen molar-refractivity contribution in [1.29, 1.82) is 0 Å². The number of hydrogen-bond donors (Lipinski definition) is 2. The summed E-state index contributed by atoms with van der Waals surface area (Å²) in [7, 11) is 1.55. The highest BCUT2D eigenvalue weighted by Crippen LogP contribution is 2.25. The Bertz CT molecular complexity index is 1080. The van der Waals surface area contributed by atoms with Crippen molar-refractivity contribution < 1.29 is 55.7 Å². The van der Waals surface area contributed by atoms with Crippen molar-refractivity contribution in [3.8, 4) is 0 Å². The van der Waals surface area contributed by atoms with Gasteiger partial charge in [-0.15, -0.1) is 11.3 Å². The predicted molar refractivity (Wildman–Crippen MR) is 122 cm³/mol. The molecule has 0 atom stereocenters. The van der Waals surface area contributed by atoms with E-state index in [4.69, 9.17) is 29.5 Å². The number of rotatable bonds is 4. The van der Waals surface area contributed by atoms with Gasteiger partial charge in [0, 0.05) is 43.4 Å². The highest BCUT2D eigenvalue weighted by molar-refractivity contribution is 7.09. The van der Waals surface area contributed by atoms with Crippen LogP contribution in [0.25, 0.3) is 0 Å². The molecule has 17 heteroatoms. The van der Waals surface area contributed by atoms with Gasteiger partial charge in [-0.3, -0.25) is 4.79 Å². The van der Waals surface area contributed by atoms with Crippen molar-refractivity contribution in [1.82, 2.24) is 14.9 Å². The summed E-state index contributed by atoms with van der Waals surface area (Å²) in [5.74, 6) is -4.55. The van der Waals surface area contributed by atoms with Gasteiger partial charge in [-0.1, -0.05) is 6.07 Å². The van der Waals surface area contributed by atoms with Crippen molar-refractivity contribution >= 4 is 35.0 Å². The highest BCUT2D eigenvalue weighted by Gasteiger charge is 2.38. The lowest BCUT2D eigenvalue weighted by atomic mass is 10.2. The standard InChI is InChI=1S/C17H22N4O2S.2C2HF3O2/c1-12-4-5-14-8-20(16(22)10-23-3)6-7-21(17(14)18-12)9-15-11-24-13(2)19-15;2*3-2(4,5)1(6)7/h4-5,11H,6-10H2,1-3H3;2*(H,6,7). The zero-order chi connectivity index (χ0) is 29.3. The molecule has 0 unspecified atom stereocenters. The SMILES string of the molecule is COCC(=O)N1CCN(Cc2csc(C)n2)c2nc(C)ccc2C1.O=C(O)C(F)(F)F.O=C(O)C(F)(F)F. The summed E-state index contributed by atoms with van der Waals surface area (Å²) >= 11 is 1.66. The van der Waals surface area contributed by atoms with Gasteiger partial charge in [0.15, 0.2) is 0 Å². The van der Waals surface area contributed by atoms with E-state index in [9.17, 15) is 31.1 Å². The van der Waals surface area contributed by atoms with Gasteiger partial charge in [-0.25, -0.2) is 19.6 Å². The largest absolute Gasteiger partial charge is 0.490 e. The number of pyridine rings is 1. The fraction of sp³-hybridized carbons (Fsp3) is 0.476. The zero-order valence-corrected chi connectivity index (χ0v) is 21.1. The van der Waals surface area contributed by atoms with Crippen LogP contribution in [0.5, 0.6) is 0 Å². The number of alkyl halides is 6. The monoisotopic (exact) mass is 574 g/mol. The van der Waals surface area contributed by atoms with Crippen molar-refractivity contribution in [2.75, 3.05) is 31.7 Å². The molecule has 38 heavy (non-hydrogen) atoms. The van der Waals surface area contributed by atoms with Gasteiger partial charge in [0.25, 0.3) is 0 Å². The number of aryl methyl sites for hydroxylation is 2. The lowest BCUT2D eigenvalue weighted by molar-refractivity contribution is -0.193. The maximum absolute atomic E-state index is 12.2. The van der Waals surface area contributed by atoms with Crippen LogP contribution in [-0.2, 0) is 32.2 Å². The maximum Gasteiger partial charge on any atom is 0.490 e. The molecule has 2 aromatic rings. The number of carbonyl (C=O) groups is 3. The van der Waals surface area contributed by atoms with E-state index in [0.717, 1.165) is 34.3 Å². The fourth-order valence-electron chi connectivity index (χ4n) is 2.86. The van der Waals surface area contributed by atoms with Crippen molar-refractivity contribution in [2.24, 2.45) is 0 Å². The summed E-state index contributed by atoms with van der Waals surface area (Å²) < 4.78 is 68.5. The first kappa shape index (κ1) is 32.6. The number of carboxylic acid groups (broad SMARTS) is 2. The molecule has 0 saturated heterocycles. The highest BCUT2D eigenvalue weighted by atomic mass is 32.1. The normalized spacial score (nSPS) is 13.3. The van der Waals surface area contributed by atoms with Crippen molar-refractivity contribution in [2.45, 2.75) is 39.3 Å². The topological polar surface area (TPSA) is 133 Å². The Kier molecular flexibility index (Phi) is 11.9. The molecule has 2 N–H and O–H groups in total. The van der Waals surface area contributed by atoms with Crippen LogP contribution in [-0.4, -0.2) is 82.1 Å². The molecule has 2 aromatic heterocycles. The van der Waals surface area contributed by atoms with Gasteiger partial charge in [0.1, 0.15) is 12.4 Å². The van der Waals surface area contributed by atoms with E-state index in [1.54, 1.807) is 18.4 Å². The second-order valence-electron chi connectivity index (χ2n) is 7.57. The Labute approximate surface area is 216 Å². The van der Waals surface area contributed by atoms with Gasteiger partial charge in [-0.05, 0) is 19.9 Å². The van der Waals surface area contributed by atoms with Crippen LogP contribution in [0.2, 0.25) is 0 Å². The molecular weight excluding hydrogens is 550 g/mol. The number of thiazole rings is 1. The van der Waals surface area contributed by atoms with Gasteiger partial charge in [0.05, 0.1) is 17.2 Å². The molecule has 0 fully saturated rings. The van der Waals surface area contributed by atoms with E-state index < -0.39 is 24.3 Å². The lowest BCUT2D eigenvalue weighted by Crippen LogP contribution is -2.37. The summed E-state index contributed by atoms with van der Waals surface area (Å²) in [6, 6.07) is 4.06. The smallest absolute Gasteiger partial charge is 0.475 e. The van der Waals surface area contributed by atoms with Crippen LogP contribution in [0, 0.1) is 13.8 Å². The summed E-state index contributed by atoms with van der Waals surface area (Å²) in [6.07, 6.45) is -10.2.